The van der Waals surface area contributed by atoms with Gasteiger partial charge in [-0.2, -0.15) is 10.2 Å². The van der Waals surface area contributed by atoms with E-state index in [1.807, 2.05) is 32.1 Å². The first-order valence-electron chi connectivity index (χ1n) is 24.3. The average molecular weight is 975 g/mol. The third-order valence-electron chi connectivity index (χ3n) is 13.0. The topological polar surface area (TPSA) is 289 Å². The highest BCUT2D eigenvalue weighted by atomic mass is 16.5. The summed E-state index contributed by atoms with van der Waals surface area (Å²) in [6, 6.07) is 9.71. The van der Waals surface area contributed by atoms with E-state index in [9.17, 15) is 24.0 Å². The van der Waals surface area contributed by atoms with Crippen LogP contribution in [0.15, 0.2) is 48.6 Å². The third-order valence-corrected chi connectivity index (χ3v) is 13.0. The predicted molar refractivity (Wildman–Crippen MR) is 270 cm³/mol. The second-order valence-electron chi connectivity index (χ2n) is 18.4. The van der Waals surface area contributed by atoms with Crippen LogP contribution in [0.2, 0.25) is 0 Å². The number of nitrogens with one attached hydrogen (secondary N) is 3. The summed E-state index contributed by atoms with van der Waals surface area (Å²) in [7, 11) is 1.47. The minimum atomic E-state index is -0.708. The summed E-state index contributed by atoms with van der Waals surface area (Å²) >= 11 is 0. The van der Waals surface area contributed by atoms with Crippen LogP contribution < -0.4 is 42.6 Å². The normalized spacial score (nSPS) is 16.0. The maximum Gasteiger partial charge on any atom is 0.276 e. The van der Waals surface area contributed by atoms with Gasteiger partial charge in [0.1, 0.15) is 33.9 Å². The number of aryl methyl sites for hydroxylation is 3. The fraction of sp³-hybridized carbons (Fsp3) is 0.460. The molecule has 1 fully saturated rings. The van der Waals surface area contributed by atoms with E-state index in [4.69, 9.17) is 41.7 Å². The minimum Gasteiger partial charge on any atom is -0.494 e. The molecule has 4 heterocycles. The van der Waals surface area contributed by atoms with Gasteiger partial charge < -0.3 is 41.1 Å². The largest absolute Gasteiger partial charge is 0.494 e. The predicted octanol–water partition coefficient (Wildman–Crippen LogP) is 5.50. The van der Waals surface area contributed by atoms with Crippen LogP contribution in [-0.4, -0.2) is 95.0 Å². The van der Waals surface area contributed by atoms with E-state index >= 15 is 0 Å². The van der Waals surface area contributed by atoms with Gasteiger partial charge in [0.15, 0.2) is 0 Å². The molecule has 0 aliphatic heterocycles. The molecule has 71 heavy (non-hydrogen) atoms. The fourth-order valence-corrected chi connectivity index (χ4v) is 9.50. The van der Waals surface area contributed by atoms with Crippen molar-refractivity contribution in [3.8, 4) is 11.5 Å². The molecule has 3 atom stereocenters. The maximum absolute atomic E-state index is 14.4. The molecule has 1 saturated carbocycles. The van der Waals surface area contributed by atoms with Crippen molar-refractivity contribution >= 4 is 63.5 Å². The van der Waals surface area contributed by atoms with Gasteiger partial charge in [0.25, 0.3) is 11.8 Å². The van der Waals surface area contributed by atoms with Gasteiger partial charge in [0.2, 0.25) is 29.6 Å². The second kappa shape index (κ2) is 22.5. The Morgan fingerprint density at radius 1 is 0.803 bits per heavy atom. The lowest BCUT2D eigenvalue weighted by Crippen LogP contribution is -2.27. The van der Waals surface area contributed by atoms with Crippen LogP contribution in [0, 0.1) is 24.7 Å². The number of fused-ring (bicyclic) bond motifs is 2. The van der Waals surface area contributed by atoms with E-state index in [0.29, 0.717) is 88.7 Å². The van der Waals surface area contributed by atoms with Crippen molar-refractivity contribution in [1.29, 1.82) is 0 Å². The number of primary amides is 2. The number of anilines is 2. The fourth-order valence-electron chi connectivity index (χ4n) is 9.50. The number of nitrogens with zero attached hydrogens (tertiary/aromatic N) is 8. The highest BCUT2D eigenvalue weighted by Gasteiger charge is 2.34. The monoisotopic (exact) mass is 975 g/mol. The number of carbonyl (C=O) groups is 5. The van der Waals surface area contributed by atoms with Gasteiger partial charge >= 0.3 is 0 Å². The minimum absolute atomic E-state index is 0.118. The van der Waals surface area contributed by atoms with Crippen LogP contribution in [0.3, 0.4) is 0 Å². The zero-order chi connectivity index (χ0) is 51.1. The van der Waals surface area contributed by atoms with Crippen molar-refractivity contribution in [2.75, 3.05) is 37.4 Å². The molecule has 21 heteroatoms. The first-order chi connectivity index (χ1) is 34.0. The number of carbonyl (C=O) groups excluding carboxylic acids is 5. The lowest BCUT2D eigenvalue weighted by molar-refractivity contribution is -0.120. The summed E-state index contributed by atoms with van der Waals surface area (Å²) in [6.45, 7) is 14.3. The lowest BCUT2D eigenvalue weighted by Gasteiger charge is -2.36. The molecule has 5 amide bonds. The maximum atomic E-state index is 14.4. The zero-order valence-electron chi connectivity index (χ0n) is 41.6. The van der Waals surface area contributed by atoms with Crippen LogP contribution in [0.1, 0.15) is 126 Å². The number of aromatic nitrogens is 8. The summed E-state index contributed by atoms with van der Waals surface area (Å²) in [5.74, 6) is 0.174. The van der Waals surface area contributed by atoms with E-state index < -0.39 is 23.6 Å². The molecule has 0 saturated heterocycles. The van der Waals surface area contributed by atoms with E-state index in [2.05, 4.69) is 41.8 Å². The summed E-state index contributed by atoms with van der Waals surface area (Å²) in [5.41, 5.74) is 21.2. The molecule has 2 aromatic carbocycles. The summed E-state index contributed by atoms with van der Waals surface area (Å²) in [4.78, 5) is 74.9. The molecule has 3 unspecified atom stereocenters. The number of hydrogen-bond donors (Lipinski definition) is 6. The van der Waals surface area contributed by atoms with Gasteiger partial charge in [-0.25, -0.2) is 9.97 Å². The van der Waals surface area contributed by atoms with Crippen molar-refractivity contribution in [3.63, 3.8) is 0 Å². The lowest BCUT2D eigenvalue weighted by atomic mass is 9.69. The molecule has 9 N–H and O–H groups in total. The Hall–Kier alpha value is -7.55. The molecule has 0 radical (unpaired) electrons. The van der Waals surface area contributed by atoms with Crippen LogP contribution in [-0.2, 0) is 31.0 Å². The van der Waals surface area contributed by atoms with Gasteiger partial charge in [0, 0.05) is 62.7 Å². The number of imidazole rings is 2. The highest BCUT2D eigenvalue weighted by Crippen LogP contribution is 2.44. The number of amides is 5. The van der Waals surface area contributed by atoms with Gasteiger partial charge in [-0.05, 0) is 94.2 Å². The van der Waals surface area contributed by atoms with Crippen LogP contribution >= 0.6 is 0 Å². The Balaban J connectivity index is 1.25. The van der Waals surface area contributed by atoms with Crippen molar-refractivity contribution in [1.82, 2.24) is 44.0 Å². The number of rotatable bonds is 22. The molecule has 4 aromatic heterocycles. The molecular weight excluding hydrogens is 909 g/mol. The second-order valence-corrected chi connectivity index (χ2v) is 18.4. The number of methoxy groups -OCH3 is 1. The SMILES string of the molecule is CCn1nc(C2CC(C)CCC2C(C)C)cc1C(=O)Nc1nc2cc(C(N)=O)cc(OC)c2n1C/C=C/Cn1c(NC(=O)c2cc(C)nn2CC)nc2cc(C(N)=O)cc(OCCCNC(=O)CCN)c21. The van der Waals surface area contributed by atoms with Crippen LogP contribution in [0.5, 0.6) is 11.5 Å². The number of nitrogens with two attached hydrogens (primary N) is 3. The molecule has 0 bridgehead atoms. The van der Waals surface area contributed by atoms with Crippen molar-refractivity contribution in [2.24, 2.45) is 35.0 Å². The molecule has 1 aliphatic carbocycles. The summed E-state index contributed by atoms with van der Waals surface area (Å²) in [6.07, 6.45) is 7.59. The molecule has 7 rings (SSSR count). The Bertz CT molecular complexity index is 2980. The standard InChI is InChI=1S/C50H66N14O7/c1-8-63-38(22-30(6)59-63)47(68)57-50-56-37-24-32(46(53)67)26-41(71-20-12-17-54-42(65)15-16-51)44(37)62(50)19-11-10-18-61-43-36(23-31(45(52)66)25-40(43)70-7)55-49(61)58-48(69)39-27-35(60-64(39)9-2)34-21-29(5)13-14-33(34)28(3)4/h10-11,22-29,33-34H,8-9,12-21,51H2,1-7H3,(H2,52,66)(H2,53,67)(H,54,65)(H,55,58,69)(H,56,57,68)/b11-10+. The van der Waals surface area contributed by atoms with Gasteiger partial charge in [-0.3, -0.25) is 44.0 Å². The Labute approximate surface area is 411 Å². The average Bonchev–Trinajstić information content (AvgIpc) is 4.12. The number of ether oxygens (including phenoxy) is 2. The molecule has 0 spiro atoms. The quantitative estimate of drug-likeness (QED) is 0.0363. The Kier molecular flexibility index (Phi) is 16.2. The molecule has 378 valence electrons. The highest BCUT2D eigenvalue weighted by molar-refractivity contribution is 6.05. The third kappa shape index (κ3) is 11.4. The van der Waals surface area contributed by atoms with Gasteiger partial charge in [0.05, 0.1) is 36.1 Å². The number of allylic oxidation sites excluding steroid dienone is 2. The number of benzene rings is 2. The van der Waals surface area contributed by atoms with Crippen molar-refractivity contribution in [3.05, 3.63) is 82.5 Å². The van der Waals surface area contributed by atoms with Crippen LogP contribution in [0.25, 0.3) is 22.1 Å². The van der Waals surface area contributed by atoms with E-state index in [0.717, 1.165) is 18.5 Å². The molecule has 6 aromatic rings. The summed E-state index contributed by atoms with van der Waals surface area (Å²) < 4.78 is 18.9. The summed E-state index contributed by atoms with van der Waals surface area (Å²) in [5, 5.41) is 18.2. The van der Waals surface area contributed by atoms with E-state index in [1.165, 1.54) is 31.7 Å². The molecular formula is C50H66N14O7. The zero-order valence-corrected chi connectivity index (χ0v) is 41.6. The van der Waals surface area contributed by atoms with Crippen LogP contribution in [0.4, 0.5) is 11.9 Å². The molecule has 21 nitrogen and oxygen atoms in total. The van der Waals surface area contributed by atoms with Gasteiger partial charge in [-0.1, -0.05) is 39.3 Å². The van der Waals surface area contributed by atoms with E-state index in [1.54, 1.807) is 37.6 Å². The smallest absolute Gasteiger partial charge is 0.276 e. The Morgan fingerprint density at radius 2 is 1.37 bits per heavy atom. The van der Waals surface area contributed by atoms with Crippen molar-refractivity contribution in [2.45, 2.75) is 106 Å². The van der Waals surface area contributed by atoms with E-state index in [-0.39, 0.29) is 73.3 Å². The Morgan fingerprint density at radius 3 is 1.92 bits per heavy atom. The first-order valence-corrected chi connectivity index (χ1v) is 24.3. The molecule has 1 aliphatic rings. The number of hydrogen-bond acceptors (Lipinski definition) is 12. The van der Waals surface area contributed by atoms with Crippen molar-refractivity contribution < 1.29 is 33.4 Å². The first kappa shape index (κ1) is 51.3. The van der Waals surface area contributed by atoms with Gasteiger partial charge in [-0.15, -0.1) is 0 Å².